The van der Waals surface area contributed by atoms with Gasteiger partial charge >= 0.3 is 0 Å². The number of hydroxylamine groups is 1. The van der Waals surface area contributed by atoms with Crippen LogP contribution >= 0.6 is 0 Å². The summed E-state index contributed by atoms with van der Waals surface area (Å²) in [5, 5.41) is 8.53. The van der Waals surface area contributed by atoms with Gasteiger partial charge in [-0.25, -0.2) is 5.48 Å². The van der Waals surface area contributed by atoms with E-state index < -0.39 is 5.91 Å². The Morgan fingerprint density at radius 1 is 1.47 bits per heavy atom. The lowest BCUT2D eigenvalue weighted by molar-refractivity contribution is 0.0706. The Morgan fingerprint density at radius 2 is 2.24 bits per heavy atom. The quantitative estimate of drug-likeness (QED) is 0.603. The Morgan fingerprint density at radius 3 is 2.82 bits per heavy atom. The van der Waals surface area contributed by atoms with Crippen molar-refractivity contribution in [3.05, 3.63) is 23.8 Å². The molecule has 1 aliphatic rings. The van der Waals surface area contributed by atoms with E-state index >= 15 is 0 Å². The van der Waals surface area contributed by atoms with Crippen LogP contribution in [0.3, 0.4) is 0 Å². The molecule has 2 N–H and O–H groups in total. The molecule has 1 amide bonds. The summed E-state index contributed by atoms with van der Waals surface area (Å²) in [6, 6.07) is 4.79. The van der Waals surface area contributed by atoms with Crippen molar-refractivity contribution in [1.29, 1.82) is 0 Å². The second-order valence-electron chi connectivity index (χ2n) is 4.06. The fraction of sp³-hybridized carbons (Fsp3) is 0.417. The smallest absolute Gasteiger partial charge is 0.274 e. The standard InChI is InChI=1S/C12H15NO4/c1-16-11-6-9(12(14)13-15)4-5-10(11)17-7-8-2-3-8/h4-6,8,15H,2-3,7H2,1H3,(H,13,14). The van der Waals surface area contributed by atoms with Crippen molar-refractivity contribution in [2.45, 2.75) is 12.8 Å². The lowest BCUT2D eigenvalue weighted by Crippen LogP contribution is -2.18. The van der Waals surface area contributed by atoms with Crippen molar-refractivity contribution in [3.8, 4) is 11.5 Å². The van der Waals surface area contributed by atoms with Gasteiger partial charge in [0.15, 0.2) is 11.5 Å². The summed E-state index contributed by atoms with van der Waals surface area (Å²) in [4.78, 5) is 11.2. The third-order valence-electron chi connectivity index (χ3n) is 2.70. The van der Waals surface area contributed by atoms with Crippen molar-refractivity contribution in [2.24, 2.45) is 5.92 Å². The van der Waals surface area contributed by atoms with Crippen LogP contribution in [0.15, 0.2) is 18.2 Å². The number of nitrogens with one attached hydrogen (secondary N) is 1. The van der Waals surface area contributed by atoms with Gasteiger partial charge in [0.1, 0.15) is 0 Å². The molecule has 0 aliphatic heterocycles. The van der Waals surface area contributed by atoms with Gasteiger partial charge in [-0.2, -0.15) is 0 Å². The summed E-state index contributed by atoms with van der Waals surface area (Å²) in [5.41, 5.74) is 1.90. The molecule has 17 heavy (non-hydrogen) atoms. The summed E-state index contributed by atoms with van der Waals surface area (Å²) in [6.07, 6.45) is 2.43. The fourth-order valence-corrected chi connectivity index (χ4v) is 1.48. The van der Waals surface area contributed by atoms with E-state index in [2.05, 4.69) is 0 Å². The Hall–Kier alpha value is -1.75. The van der Waals surface area contributed by atoms with E-state index in [1.807, 2.05) is 0 Å². The average Bonchev–Trinajstić information content (AvgIpc) is 3.19. The molecule has 2 rings (SSSR count). The highest BCUT2D eigenvalue weighted by Crippen LogP contribution is 2.33. The van der Waals surface area contributed by atoms with Gasteiger partial charge in [-0.05, 0) is 37.0 Å². The minimum atomic E-state index is -0.572. The zero-order valence-electron chi connectivity index (χ0n) is 9.60. The van der Waals surface area contributed by atoms with Crippen molar-refractivity contribution < 1.29 is 19.5 Å². The molecule has 0 heterocycles. The third kappa shape index (κ3) is 2.88. The maximum absolute atomic E-state index is 11.2. The third-order valence-corrected chi connectivity index (χ3v) is 2.70. The summed E-state index contributed by atoms with van der Waals surface area (Å²) in [7, 11) is 1.51. The van der Waals surface area contributed by atoms with E-state index in [4.69, 9.17) is 14.7 Å². The first kappa shape index (κ1) is 11.7. The van der Waals surface area contributed by atoms with Crippen LogP contribution in [0.1, 0.15) is 23.2 Å². The fourth-order valence-electron chi connectivity index (χ4n) is 1.48. The van der Waals surface area contributed by atoms with Gasteiger partial charge in [0, 0.05) is 5.56 Å². The number of benzene rings is 1. The molecule has 1 aromatic rings. The number of hydrogen-bond donors (Lipinski definition) is 2. The molecule has 1 aromatic carbocycles. The molecule has 92 valence electrons. The predicted molar refractivity (Wildman–Crippen MR) is 60.5 cm³/mol. The maximum Gasteiger partial charge on any atom is 0.274 e. The Balaban J connectivity index is 2.11. The normalized spacial score (nSPS) is 14.2. The monoisotopic (exact) mass is 237 g/mol. The summed E-state index contributed by atoms with van der Waals surface area (Å²) >= 11 is 0. The van der Waals surface area contributed by atoms with Crippen LogP contribution in [-0.4, -0.2) is 24.8 Å². The number of methoxy groups -OCH3 is 1. The van der Waals surface area contributed by atoms with Crippen LogP contribution in [0.4, 0.5) is 0 Å². The van der Waals surface area contributed by atoms with Crippen LogP contribution in [0.2, 0.25) is 0 Å². The van der Waals surface area contributed by atoms with Crippen LogP contribution in [0.25, 0.3) is 0 Å². The van der Waals surface area contributed by atoms with Gasteiger partial charge in [0.25, 0.3) is 5.91 Å². The molecule has 1 saturated carbocycles. The molecule has 1 aliphatic carbocycles. The largest absolute Gasteiger partial charge is 0.493 e. The van der Waals surface area contributed by atoms with Crippen molar-refractivity contribution >= 4 is 5.91 Å². The zero-order chi connectivity index (χ0) is 12.3. The average molecular weight is 237 g/mol. The van der Waals surface area contributed by atoms with Gasteiger partial charge in [0.05, 0.1) is 13.7 Å². The number of hydrogen-bond acceptors (Lipinski definition) is 4. The van der Waals surface area contributed by atoms with Crippen molar-refractivity contribution in [1.82, 2.24) is 5.48 Å². The first-order valence-corrected chi connectivity index (χ1v) is 5.50. The predicted octanol–water partition coefficient (Wildman–Crippen LogP) is 1.60. The number of carbonyl (C=O) groups excluding carboxylic acids is 1. The van der Waals surface area contributed by atoms with E-state index in [9.17, 15) is 4.79 Å². The van der Waals surface area contributed by atoms with E-state index in [0.29, 0.717) is 29.6 Å². The lowest BCUT2D eigenvalue weighted by atomic mass is 10.2. The zero-order valence-corrected chi connectivity index (χ0v) is 9.60. The Labute approximate surface area is 99.3 Å². The molecular formula is C12H15NO4. The number of amides is 1. The molecule has 0 bridgehead atoms. The highest BCUT2D eigenvalue weighted by Gasteiger charge is 2.22. The van der Waals surface area contributed by atoms with Gasteiger partial charge < -0.3 is 9.47 Å². The first-order valence-electron chi connectivity index (χ1n) is 5.50. The summed E-state index contributed by atoms with van der Waals surface area (Å²) < 4.78 is 10.7. The lowest BCUT2D eigenvalue weighted by Gasteiger charge is -2.11. The van der Waals surface area contributed by atoms with Crippen LogP contribution < -0.4 is 15.0 Å². The first-order chi connectivity index (χ1) is 8.24. The molecular weight excluding hydrogens is 222 g/mol. The van der Waals surface area contributed by atoms with Crippen LogP contribution in [0.5, 0.6) is 11.5 Å². The molecule has 0 saturated heterocycles. The number of ether oxygens (including phenoxy) is 2. The minimum absolute atomic E-state index is 0.322. The molecule has 5 heteroatoms. The molecule has 5 nitrogen and oxygen atoms in total. The van der Waals surface area contributed by atoms with Crippen LogP contribution in [0, 0.1) is 5.92 Å². The van der Waals surface area contributed by atoms with Crippen molar-refractivity contribution in [3.63, 3.8) is 0 Å². The van der Waals surface area contributed by atoms with Crippen LogP contribution in [-0.2, 0) is 0 Å². The molecule has 1 fully saturated rings. The number of rotatable bonds is 5. The maximum atomic E-state index is 11.2. The SMILES string of the molecule is COc1cc(C(=O)NO)ccc1OCC1CC1. The molecule has 0 aromatic heterocycles. The van der Waals surface area contributed by atoms with E-state index in [1.165, 1.54) is 26.0 Å². The summed E-state index contributed by atoms with van der Waals surface area (Å²) in [6.45, 7) is 0.682. The number of carbonyl (C=O) groups is 1. The highest BCUT2D eigenvalue weighted by molar-refractivity contribution is 5.94. The van der Waals surface area contributed by atoms with Gasteiger partial charge in [-0.15, -0.1) is 0 Å². The van der Waals surface area contributed by atoms with Gasteiger partial charge in [0.2, 0.25) is 0 Å². The van der Waals surface area contributed by atoms with E-state index in [1.54, 1.807) is 17.6 Å². The summed E-state index contributed by atoms with van der Waals surface area (Å²) in [5.74, 6) is 1.19. The molecule has 0 spiro atoms. The van der Waals surface area contributed by atoms with Gasteiger partial charge in [-0.3, -0.25) is 10.0 Å². The second kappa shape index (κ2) is 5.05. The Bertz CT molecular complexity index is 415. The highest BCUT2D eigenvalue weighted by atomic mass is 16.5. The molecule has 0 radical (unpaired) electrons. The van der Waals surface area contributed by atoms with E-state index in [0.717, 1.165) is 0 Å². The topological polar surface area (TPSA) is 67.8 Å². The Kier molecular flexibility index (Phi) is 3.49. The minimum Gasteiger partial charge on any atom is -0.493 e. The molecule has 0 unspecified atom stereocenters. The second-order valence-corrected chi connectivity index (χ2v) is 4.06. The molecule has 0 atom stereocenters. The van der Waals surface area contributed by atoms with Gasteiger partial charge in [-0.1, -0.05) is 0 Å². The van der Waals surface area contributed by atoms with E-state index in [-0.39, 0.29) is 0 Å². The van der Waals surface area contributed by atoms with Crippen molar-refractivity contribution in [2.75, 3.05) is 13.7 Å².